The normalized spacial score (nSPS) is 21.3. The zero-order chi connectivity index (χ0) is 57.8. The third-order valence-corrected chi connectivity index (χ3v) is 14.1. The number of benzene rings is 5. The first kappa shape index (κ1) is 56.0. The molecule has 3 unspecified atom stereocenters. The SMILES string of the molecule is COc1ccc(C2=CN3C(=O)c4cc(OC)c(OCCCOc5cc6c(cc5OC)C(=O)N5C=C(c7ccc(NC(=O)Oc8ccc(O[C@@H]9OC(C(=O)O)[C@@H](O)C(O)C9O)c(NC(=O)CCN)c8)cc7)C[C@H]5C=N6)cc4N=C[C@@H]3C2)cc1. The molecule has 5 aliphatic rings. The summed E-state index contributed by atoms with van der Waals surface area (Å²) in [6.07, 6.45) is -1.91. The highest BCUT2D eigenvalue weighted by Crippen LogP contribution is 2.43. The van der Waals surface area contributed by atoms with Crippen molar-refractivity contribution in [3.05, 3.63) is 126 Å². The molecule has 0 aliphatic carbocycles. The number of carboxylic acid groups (broad SMARTS) is 1. The van der Waals surface area contributed by atoms with E-state index in [1.165, 1.54) is 32.4 Å². The number of carbonyl (C=O) groups is 5. The average Bonchev–Trinajstić information content (AvgIpc) is 4.25. The molecule has 5 aromatic carbocycles. The van der Waals surface area contributed by atoms with Gasteiger partial charge in [-0.15, -0.1) is 0 Å². The maximum absolute atomic E-state index is 14.1. The molecule has 1 saturated heterocycles. The Kier molecular flexibility index (Phi) is 16.5. The molecule has 5 aromatic rings. The Balaban J connectivity index is 0.732. The van der Waals surface area contributed by atoms with Gasteiger partial charge >= 0.3 is 12.1 Å². The van der Waals surface area contributed by atoms with Gasteiger partial charge in [0.05, 0.1) is 74.8 Å². The summed E-state index contributed by atoms with van der Waals surface area (Å²) in [4.78, 5) is 78.0. The Bertz CT molecular complexity index is 3420. The van der Waals surface area contributed by atoms with Crippen molar-refractivity contribution < 1.29 is 82.3 Å². The summed E-state index contributed by atoms with van der Waals surface area (Å²) in [6.45, 7) is 0.449. The lowest BCUT2D eigenvalue weighted by atomic mass is 9.99. The largest absolute Gasteiger partial charge is 0.497 e. The number of anilines is 2. The van der Waals surface area contributed by atoms with Gasteiger partial charge in [0.25, 0.3) is 11.8 Å². The van der Waals surface area contributed by atoms with Crippen LogP contribution in [0.4, 0.5) is 27.5 Å². The summed E-state index contributed by atoms with van der Waals surface area (Å²) < 4.78 is 45.3. The molecule has 0 saturated carbocycles. The lowest BCUT2D eigenvalue weighted by Crippen LogP contribution is -2.61. The molecular formula is C58H57N7O17. The molecule has 0 aromatic heterocycles. The molecule has 10 rings (SSSR count). The monoisotopic (exact) mass is 1120 g/mol. The minimum absolute atomic E-state index is 0.00705. The van der Waals surface area contributed by atoms with Crippen molar-refractivity contribution in [3.8, 4) is 40.2 Å². The third kappa shape index (κ3) is 11.8. The Hall–Kier alpha value is -9.33. The number of carboxylic acids is 1. The van der Waals surface area contributed by atoms with Gasteiger partial charge in [0.1, 0.15) is 35.6 Å². The maximum atomic E-state index is 14.1. The highest BCUT2D eigenvalue weighted by Gasteiger charge is 2.48. The van der Waals surface area contributed by atoms with E-state index in [0.29, 0.717) is 70.4 Å². The Morgan fingerprint density at radius 2 is 1.21 bits per heavy atom. The van der Waals surface area contributed by atoms with Crippen molar-refractivity contribution in [3.63, 3.8) is 0 Å². The van der Waals surface area contributed by atoms with E-state index >= 15 is 0 Å². The fraction of sp³-hybridized carbons (Fsp3) is 0.293. The van der Waals surface area contributed by atoms with Gasteiger partial charge in [-0.3, -0.25) is 29.7 Å². The average molecular weight is 1120 g/mol. The van der Waals surface area contributed by atoms with Crippen molar-refractivity contribution in [2.75, 3.05) is 51.7 Å². The van der Waals surface area contributed by atoms with Crippen LogP contribution in [0, 0.1) is 0 Å². The second kappa shape index (κ2) is 24.2. The number of nitrogens with zero attached hydrogens (tertiary/aromatic N) is 4. The number of amides is 4. The number of nitrogens with two attached hydrogens (primary N) is 1. The molecule has 426 valence electrons. The number of hydrogen-bond donors (Lipinski definition) is 7. The summed E-state index contributed by atoms with van der Waals surface area (Å²) in [7, 11) is 4.61. The van der Waals surface area contributed by atoms with Crippen LogP contribution in [0.5, 0.6) is 40.2 Å². The van der Waals surface area contributed by atoms with Gasteiger partial charge in [0.15, 0.2) is 29.1 Å². The van der Waals surface area contributed by atoms with Gasteiger partial charge in [-0.2, -0.15) is 0 Å². The van der Waals surface area contributed by atoms with Crippen LogP contribution in [0.15, 0.2) is 113 Å². The molecule has 0 spiro atoms. The van der Waals surface area contributed by atoms with Gasteiger partial charge in [0.2, 0.25) is 12.2 Å². The van der Waals surface area contributed by atoms with E-state index in [1.54, 1.807) is 84.1 Å². The van der Waals surface area contributed by atoms with E-state index in [2.05, 4.69) is 10.6 Å². The number of aliphatic carboxylic acids is 1. The molecule has 7 atom stereocenters. The maximum Gasteiger partial charge on any atom is 0.417 e. The number of hydrogen-bond acceptors (Lipinski definition) is 19. The number of aliphatic hydroxyl groups is 3. The number of aliphatic imine (C=N–C) groups is 2. The van der Waals surface area contributed by atoms with E-state index < -0.39 is 54.7 Å². The third-order valence-electron chi connectivity index (χ3n) is 14.1. The van der Waals surface area contributed by atoms with E-state index in [0.717, 1.165) is 28.0 Å². The molecule has 24 heteroatoms. The van der Waals surface area contributed by atoms with Crippen LogP contribution in [-0.4, -0.2) is 156 Å². The predicted molar refractivity (Wildman–Crippen MR) is 296 cm³/mol. The second-order valence-corrected chi connectivity index (χ2v) is 19.3. The molecule has 8 N–H and O–H groups in total. The highest BCUT2D eigenvalue weighted by atomic mass is 16.7. The highest BCUT2D eigenvalue weighted by molar-refractivity contribution is 6.06. The lowest BCUT2D eigenvalue weighted by Gasteiger charge is -2.38. The second-order valence-electron chi connectivity index (χ2n) is 19.3. The standard InChI is InChI=1S/C58H57N7O17/c1-75-37-11-7-31(8-12-37)33-20-36-27-61-42-25-48(46(77-3)23-40(42)55(71)65(36)29-33)79-18-4-17-78-47-24-41-39(22-45(47)76-2)54(70)64-28-32(19-35(64)26-60-41)30-5-9-34(10-6-30)62-58(74)80-38-13-14-44(43(21-38)63-49(66)15-16-59)81-57-52(69)50(67)51(68)53(82-57)56(72)73/h5-14,21-29,35-36,50-53,57,67-69H,4,15-20,59H2,1-3H3,(H,62,74)(H,63,66)(H,72,73)/t35-,36-,50?,51-,52?,53?,57+/m0/s1. The van der Waals surface area contributed by atoms with E-state index in [1.807, 2.05) is 30.5 Å². The molecule has 5 heterocycles. The van der Waals surface area contributed by atoms with Crippen molar-refractivity contribution in [1.82, 2.24) is 9.80 Å². The topological polar surface area (TPSA) is 321 Å². The quantitative estimate of drug-likeness (QED) is 0.0490. The Labute approximate surface area is 468 Å². The summed E-state index contributed by atoms with van der Waals surface area (Å²) in [6, 6.07) is 24.3. The van der Waals surface area contributed by atoms with Crippen LogP contribution in [0.2, 0.25) is 0 Å². The molecule has 82 heavy (non-hydrogen) atoms. The smallest absolute Gasteiger partial charge is 0.417 e. The number of ether oxygens (including phenoxy) is 8. The first-order valence-corrected chi connectivity index (χ1v) is 25.9. The van der Waals surface area contributed by atoms with Crippen LogP contribution >= 0.6 is 0 Å². The zero-order valence-electron chi connectivity index (χ0n) is 44.4. The molecule has 0 radical (unpaired) electrons. The molecular weight excluding hydrogens is 1070 g/mol. The van der Waals surface area contributed by atoms with Crippen LogP contribution in [-0.2, 0) is 14.3 Å². The van der Waals surface area contributed by atoms with Crippen LogP contribution < -0.4 is 49.5 Å². The van der Waals surface area contributed by atoms with E-state index in [9.17, 15) is 44.4 Å². The molecule has 0 bridgehead atoms. The fourth-order valence-corrected chi connectivity index (χ4v) is 9.78. The first-order valence-electron chi connectivity index (χ1n) is 25.9. The minimum atomic E-state index is -1.96. The zero-order valence-corrected chi connectivity index (χ0v) is 44.4. The number of carbonyl (C=O) groups excluding carboxylic acids is 4. The number of rotatable bonds is 19. The minimum Gasteiger partial charge on any atom is -0.497 e. The van der Waals surface area contributed by atoms with Gasteiger partial charge in [-0.1, -0.05) is 24.3 Å². The predicted octanol–water partition coefficient (Wildman–Crippen LogP) is 5.67. The summed E-state index contributed by atoms with van der Waals surface area (Å²) in [5.41, 5.74) is 11.0. The molecule has 4 amide bonds. The molecule has 1 fully saturated rings. The van der Waals surface area contributed by atoms with Crippen LogP contribution in [0.1, 0.15) is 57.5 Å². The summed E-state index contributed by atoms with van der Waals surface area (Å²) >= 11 is 0. The fourth-order valence-electron chi connectivity index (χ4n) is 9.78. The van der Waals surface area contributed by atoms with Gasteiger partial charge < -0.3 is 79.2 Å². The number of nitrogens with one attached hydrogen (secondary N) is 2. The van der Waals surface area contributed by atoms with Crippen LogP contribution in [0.3, 0.4) is 0 Å². The van der Waals surface area contributed by atoms with Gasteiger partial charge in [-0.25, -0.2) is 9.59 Å². The molecule has 24 nitrogen and oxygen atoms in total. The van der Waals surface area contributed by atoms with Crippen molar-refractivity contribution in [2.24, 2.45) is 15.7 Å². The van der Waals surface area contributed by atoms with Crippen molar-refractivity contribution in [1.29, 1.82) is 0 Å². The first-order chi connectivity index (χ1) is 39.6. The van der Waals surface area contributed by atoms with Crippen molar-refractivity contribution >= 4 is 76.1 Å². The van der Waals surface area contributed by atoms with E-state index in [4.69, 9.17) is 53.6 Å². The summed E-state index contributed by atoms with van der Waals surface area (Å²) in [5, 5.41) is 45.4. The van der Waals surface area contributed by atoms with Crippen LogP contribution in [0.25, 0.3) is 11.1 Å². The Morgan fingerprint density at radius 3 is 1.73 bits per heavy atom. The lowest BCUT2D eigenvalue weighted by molar-refractivity contribution is -0.271. The number of fused-ring (bicyclic) bond motifs is 4. The summed E-state index contributed by atoms with van der Waals surface area (Å²) in [5.74, 6) is -0.622. The van der Waals surface area contributed by atoms with E-state index in [-0.39, 0.29) is 61.2 Å². The number of aliphatic hydroxyl groups excluding tert-OH is 3. The number of methoxy groups -OCH3 is 3. The molecule has 5 aliphatic heterocycles. The van der Waals surface area contributed by atoms with Gasteiger partial charge in [0, 0.05) is 80.9 Å². The Morgan fingerprint density at radius 1 is 0.659 bits per heavy atom. The van der Waals surface area contributed by atoms with Crippen molar-refractivity contribution in [2.45, 2.75) is 68.5 Å². The van der Waals surface area contributed by atoms with Gasteiger partial charge in [-0.05, 0) is 70.8 Å².